The molecular formula is C10H11BrN4. The largest absolute Gasteiger partial charge is 0.329 e. The van der Waals surface area contributed by atoms with Gasteiger partial charge in [0.1, 0.15) is 5.82 Å². The van der Waals surface area contributed by atoms with E-state index in [0.29, 0.717) is 6.54 Å². The van der Waals surface area contributed by atoms with Gasteiger partial charge in [0.15, 0.2) is 0 Å². The van der Waals surface area contributed by atoms with Gasteiger partial charge in [0.2, 0.25) is 0 Å². The number of aromatic nitrogens is 3. The van der Waals surface area contributed by atoms with Gasteiger partial charge in [-0.2, -0.15) is 0 Å². The van der Waals surface area contributed by atoms with Crippen molar-refractivity contribution in [1.29, 1.82) is 0 Å². The van der Waals surface area contributed by atoms with Gasteiger partial charge in [-0.25, -0.2) is 4.98 Å². The SMILES string of the molecule is NCc1nccn1Cc1cncc(Br)c1. The van der Waals surface area contributed by atoms with Crippen molar-refractivity contribution < 1.29 is 0 Å². The summed E-state index contributed by atoms with van der Waals surface area (Å²) >= 11 is 3.39. The molecule has 15 heavy (non-hydrogen) atoms. The average Bonchev–Trinajstić information content (AvgIpc) is 2.65. The third-order valence-electron chi connectivity index (χ3n) is 2.10. The zero-order valence-electron chi connectivity index (χ0n) is 8.10. The van der Waals surface area contributed by atoms with Crippen LogP contribution in [0.25, 0.3) is 0 Å². The molecule has 0 amide bonds. The van der Waals surface area contributed by atoms with Crippen LogP contribution in [0.15, 0.2) is 35.3 Å². The maximum atomic E-state index is 5.57. The molecule has 2 N–H and O–H groups in total. The van der Waals surface area contributed by atoms with Crippen LogP contribution in [0, 0.1) is 0 Å². The van der Waals surface area contributed by atoms with Gasteiger partial charge in [0, 0.05) is 29.3 Å². The number of pyridine rings is 1. The predicted octanol–water partition coefficient (Wildman–Crippen LogP) is 1.55. The molecule has 4 nitrogen and oxygen atoms in total. The highest BCUT2D eigenvalue weighted by atomic mass is 79.9. The first-order valence-electron chi connectivity index (χ1n) is 4.59. The molecule has 0 aliphatic heterocycles. The Morgan fingerprint density at radius 1 is 1.40 bits per heavy atom. The summed E-state index contributed by atoms with van der Waals surface area (Å²) < 4.78 is 3.00. The fourth-order valence-electron chi connectivity index (χ4n) is 1.41. The van der Waals surface area contributed by atoms with Gasteiger partial charge in [0.05, 0.1) is 13.1 Å². The Hall–Kier alpha value is -1.20. The highest BCUT2D eigenvalue weighted by Gasteiger charge is 2.01. The molecule has 2 heterocycles. The number of halogens is 1. The van der Waals surface area contributed by atoms with Crippen LogP contribution in [0.3, 0.4) is 0 Å². The van der Waals surface area contributed by atoms with Crippen molar-refractivity contribution in [2.24, 2.45) is 5.73 Å². The second-order valence-electron chi connectivity index (χ2n) is 3.19. The number of imidazole rings is 1. The first kappa shape index (κ1) is 10.3. The standard InChI is InChI=1S/C10H11BrN4/c11-9-3-8(5-13-6-9)7-15-2-1-14-10(15)4-12/h1-3,5-6H,4,7,12H2. The second-order valence-corrected chi connectivity index (χ2v) is 4.10. The van der Waals surface area contributed by atoms with Gasteiger partial charge in [-0.1, -0.05) is 0 Å². The molecule has 0 unspecified atom stereocenters. The van der Waals surface area contributed by atoms with Crippen LogP contribution in [0.5, 0.6) is 0 Å². The number of hydrogen-bond donors (Lipinski definition) is 1. The molecule has 5 heteroatoms. The van der Waals surface area contributed by atoms with Gasteiger partial charge >= 0.3 is 0 Å². The molecular weight excluding hydrogens is 256 g/mol. The summed E-state index contributed by atoms with van der Waals surface area (Å²) in [5, 5.41) is 0. The highest BCUT2D eigenvalue weighted by molar-refractivity contribution is 9.10. The Labute approximate surface area is 96.3 Å². The van der Waals surface area contributed by atoms with E-state index >= 15 is 0 Å². The van der Waals surface area contributed by atoms with Crippen LogP contribution in [-0.4, -0.2) is 14.5 Å². The van der Waals surface area contributed by atoms with E-state index < -0.39 is 0 Å². The van der Waals surface area contributed by atoms with Crippen LogP contribution in [0.4, 0.5) is 0 Å². The van der Waals surface area contributed by atoms with E-state index in [1.807, 2.05) is 23.0 Å². The smallest absolute Gasteiger partial charge is 0.122 e. The van der Waals surface area contributed by atoms with Gasteiger partial charge in [-0.15, -0.1) is 0 Å². The topological polar surface area (TPSA) is 56.7 Å². The van der Waals surface area contributed by atoms with Crippen molar-refractivity contribution >= 4 is 15.9 Å². The fourth-order valence-corrected chi connectivity index (χ4v) is 1.83. The first-order chi connectivity index (χ1) is 7.29. The van der Waals surface area contributed by atoms with Crippen LogP contribution in [0.2, 0.25) is 0 Å². The van der Waals surface area contributed by atoms with Gasteiger partial charge in [-0.3, -0.25) is 4.98 Å². The van der Waals surface area contributed by atoms with E-state index in [1.54, 1.807) is 12.4 Å². The van der Waals surface area contributed by atoms with Crippen molar-refractivity contribution in [2.75, 3.05) is 0 Å². The molecule has 0 atom stereocenters. The molecule has 0 saturated heterocycles. The summed E-state index contributed by atoms with van der Waals surface area (Å²) in [6.07, 6.45) is 7.28. The third kappa shape index (κ3) is 2.43. The van der Waals surface area contributed by atoms with Crippen molar-refractivity contribution in [3.8, 4) is 0 Å². The predicted molar refractivity (Wildman–Crippen MR) is 61.2 cm³/mol. The molecule has 0 spiro atoms. The summed E-state index contributed by atoms with van der Waals surface area (Å²) in [5.41, 5.74) is 6.69. The van der Waals surface area contributed by atoms with Crippen LogP contribution in [0.1, 0.15) is 11.4 Å². The minimum absolute atomic E-state index is 0.453. The molecule has 2 aromatic rings. The van der Waals surface area contributed by atoms with E-state index in [4.69, 9.17) is 5.73 Å². The maximum absolute atomic E-state index is 5.57. The molecule has 0 bridgehead atoms. The van der Waals surface area contributed by atoms with E-state index in [1.165, 1.54) is 0 Å². The third-order valence-corrected chi connectivity index (χ3v) is 2.53. The summed E-state index contributed by atoms with van der Waals surface area (Å²) in [7, 11) is 0. The Morgan fingerprint density at radius 3 is 3.00 bits per heavy atom. The van der Waals surface area contributed by atoms with Crippen LogP contribution in [-0.2, 0) is 13.1 Å². The van der Waals surface area contributed by atoms with Crippen molar-refractivity contribution in [3.63, 3.8) is 0 Å². The first-order valence-corrected chi connectivity index (χ1v) is 5.38. The average molecular weight is 267 g/mol. The zero-order chi connectivity index (χ0) is 10.7. The maximum Gasteiger partial charge on any atom is 0.122 e. The Balaban J connectivity index is 2.22. The van der Waals surface area contributed by atoms with Gasteiger partial charge in [0.25, 0.3) is 0 Å². The Kier molecular flexibility index (Phi) is 3.13. The lowest BCUT2D eigenvalue weighted by atomic mass is 10.3. The highest BCUT2D eigenvalue weighted by Crippen LogP contribution is 2.11. The summed E-state index contributed by atoms with van der Waals surface area (Å²) in [6, 6.07) is 2.04. The normalized spacial score (nSPS) is 10.5. The number of nitrogens with two attached hydrogens (primary N) is 1. The number of nitrogens with zero attached hydrogens (tertiary/aromatic N) is 3. The quantitative estimate of drug-likeness (QED) is 0.917. The van der Waals surface area contributed by atoms with E-state index in [9.17, 15) is 0 Å². The molecule has 0 fully saturated rings. The van der Waals surface area contributed by atoms with Gasteiger partial charge < -0.3 is 10.3 Å². The molecule has 2 aromatic heterocycles. The molecule has 0 aliphatic carbocycles. The molecule has 0 radical (unpaired) electrons. The van der Waals surface area contributed by atoms with Crippen LogP contribution < -0.4 is 5.73 Å². The lowest BCUT2D eigenvalue weighted by molar-refractivity contribution is 0.721. The zero-order valence-corrected chi connectivity index (χ0v) is 9.68. The molecule has 0 aliphatic rings. The summed E-state index contributed by atoms with van der Waals surface area (Å²) in [4.78, 5) is 8.27. The van der Waals surface area contributed by atoms with Gasteiger partial charge in [-0.05, 0) is 27.6 Å². The minimum atomic E-state index is 0.453. The number of hydrogen-bond acceptors (Lipinski definition) is 3. The molecule has 2 rings (SSSR count). The molecule has 0 saturated carbocycles. The van der Waals surface area contributed by atoms with Crippen molar-refractivity contribution in [1.82, 2.24) is 14.5 Å². The lowest BCUT2D eigenvalue weighted by Gasteiger charge is -2.06. The second kappa shape index (κ2) is 4.55. The summed E-state index contributed by atoms with van der Waals surface area (Å²) in [5.74, 6) is 0.884. The monoisotopic (exact) mass is 266 g/mol. The molecule has 78 valence electrons. The summed E-state index contributed by atoms with van der Waals surface area (Å²) in [6.45, 7) is 1.20. The lowest BCUT2D eigenvalue weighted by Crippen LogP contribution is -2.08. The minimum Gasteiger partial charge on any atom is -0.329 e. The Morgan fingerprint density at radius 2 is 2.27 bits per heavy atom. The van der Waals surface area contributed by atoms with E-state index in [2.05, 4.69) is 25.9 Å². The molecule has 0 aromatic carbocycles. The van der Waals surface area contributed by atoms with Crippen LogP contribution >= 0.6 is 15.9 Å². The van der Waals surface area contributed by atoms with E-state index in [-0.39, 0.29) is 0 Å². The number of rotatable bonds is 3. The Bertz CT molecular complexity index is 452. The van der Waals surface area contributed by atoms with Crippen molar-refractivity contribution in [3.05, 3.63) is 46.7 Å². The fraction of sp³-hybridized carbons (Fsp3) is 0.200. The van der Waals surface area contributed by atoms with Crippen molar-refractivity contribution in [2.45, 2.75) is 13.1 Å². The van der Waals surface area contributed by atoms with E-state index in [0.717, 1.165) is 22.4 Å².